The molecule has 3 heteroatoms. The molecule has 2 nitrogen and oxygen atoms in total. The smallest absolute Gasteiger partial charge is 0.0482 e. The van der Waals surface area contributed by atoms with E-state index in [-0.39, 0.29) is 0 Å². The Balaban J connectivity index is 2.08. The molecule has 0 aromatic heterocycles. The van der Waals surface area contributed by atoms with Crippen LogP contribution in [0.1, 0.15) is 12.8 Å². The zero-order valence-corrected chi connectivity index (χ0v) is 7.65. The molecular weight excluding hydrogens is 227 g/mol. The van der Waals surface area contributed by atoms with E-state index in [2.05, 4.69) is 33.2 Å². The third-order valence-electron chi connectivity index (χ3n) is 1.66. The quantitative estimate of drug-likeness (QED) is 0.422. The van der Waals surface area contributed by atoms with Gasteiger partial charge in [-0.15, -0.1) is 0 Å². The average Bonchev–Trinajstić information content (AvgIpc) is 1.91. The van der Waals surface area contributed by atoms with Crippen LogP contribution in [0.4, 0.5) is 0 Å². The first-order valence-electron chi connectivity index (χ1n) is 3.43. The van der Waals surface area contributed by atoms with Gasteiger partial charge in [-0.2, -0.15) is 0 Å². The lowest BCUT2D eigenvalue weighted by Gasteiger charge is -2.22. The molecule has 1 unspecified atom stereocenters. The van der Waals surface area contributed by atoms with Gasteiger partial charge in [-0.25, -0.2) is 0 Å². The fourth-order valence-electron chi connectivity index (χ4n) is 1.14. The van der Waals surface area contributed by atoms with E-state index >= 15 is 0 Å². The van der Waals surface area contributed by atoms with Crippen molar-refractivity contribution >= 4 is 22.6 Å². The lowest BCUT2D eigenvalue weighted by molar-refractivity contribution is 0.410. The summed E-state index contributed by atoms with van der Waals surface area (Å²) in [6.07, 6.45) is 2.67. The van der Waals surface area contributed by atoms with Crippen LogP contribution in [0.15, 0.2) is 0 Å². The van der Waals surface area contributed by atoms with E-state index in [0.717, 1.165) is 17.1 Å². The minimum Gasteiger partial charge on any atom is -0.315 e. The second-order valence-corrected chi connectivity index (χ2v) is 3.14. The molecule has 0 radical (unpaired) electrons. The summed E-state index contributed by atoms with van der Waals surface area (Å²) in [7, 11) is 0. The number of piperidine rings is 1. The zero-order valence-electron chi connectivity index (χ0n) is 5.49. The van der Waals surface area contributed by atoms with Gasteiger partial charge in [-0.1, -0.05) is 22.6 Å². The maximum Gasteiger partial charge on any atom is 0.0482 e. The Bertz CT molecular complexity index is 68.7. The summed E-state index contributed by atoms with van der Waals surface area (Å²) in [4.78, 5) is 0. The van der Waals surface area contributed by atoms with Gasteiger partial charge in [0.05, 0.1) is 0 Å². The van der Waals surface area contributed by atoms with Crippen LogP contribution in [0.2, 0.25) is 0 Å². The molecule has 1 aliphatic heterocycles. The average molecular weight is 240 g/mol. The van der Waals surface area contributed by atoms with Crippen molar-refractivity contribution in [1.29, 1.82) is 0 Å². The Morgan fingerprint density at radius 1 is 1.67 bits per heavy atom. The van der Waals surface area contributed by atoms with Crippen LogP contribution in [0.3, 0.4) is 0 Å². The second kappa shape index (κ2) is 4.46. The van der Waals surface area contributed by atoms with Gasteiger partial charge in [0.2, 0.25) is 0 Å². The predicted octanol–water partition coefficient (Wildman–Crippen LogP) is 0.720. The fourth-order valence-corrected chi connectivity index (χ4v) is 1.76. The van der Waals surface area contributed by atoms with E-state index in [9.17, 15) is 0 Å². The fraction of sp³-hybridized carbons (Fsp3) is 1.00. The molecule has 9 heavy (non-hydrogen) atoms. The number of rotatable bonds is 2. The van der Waals surface area contributed by atoms with Crippen molar-refractivity contribution < 1.29 is 0 Å². The Hall–Kier alpha value is 0.650. The van der Waals surface area contributed by atoms with Crippen molar-refractivity contribution in [3.63, 3.8) is 0 Å². The van der Waals surface area contributed by atoms with Crippen molar-refractivity contribution in [2.24, 2.45) is 0 Å². The highest BCUT2D eigenvalue weighted by atomic mass is 127. The first kappa shape index (κ1) is 7.75. The maximum atomic E-state index is 3.41. The van der Waals surface area contributed by atoms with Crippen LogP contribution < -0.4 is 10.6 Å². The third-order valence-corrected chi connectivity index (χ3v) is 2.10. The molecule has 1 atom stereocenters. The number of halogens is 1. The molecule has 0 amide bonds. The summed E-state index contributed by atoms with van der Waals surface area (Å²) < 4.78 is 1.07. The monoisotopic (exact) mass is 240 g/mol. The van der Waals surface area contributed by atoms with Gasteiger partial charge in [0.25, 0.3) is 0 Å². The number of hydrogen-bond donors (Lipinski definition) is 2. The Morgan fingerprint density at radius 3 is 3.11 bits per heavy atom. The highest BCUT2D eigenvalue weighted by Crippen LogP contribution is 2.00. The summed E-state index contributed by atoms with van der Waals surface area (Å²) in [6, 6.07) is 0.732. The highest BCUT2D eigenvalue weighted by Gasteiger charge is 2.09. The van der Waals surface area contributed by atoms with Gasteiger partial charge >= 0.3 is 0 Å². The minimum atomic E-state index is 0.732. The topological polar surface area (TPSA) is 24.1 Å². The largest absolute Gasteiger partial charge is 0.315 e. The first-order valence-corrected chi connectivity index (χ1v) is 4.96. The van der Waals surface area contributed by atoms with E-state index < -0.39 is 0 Å². The van der Waals surface area contributed by atoms with Crippen molar-refractivity contribution in [2.45, 2.75) is 18.9 Å². The third kappa shape index (κ3) is 2.82. The van der Waals surface area contributed by atoms with E-state index in [1.54, 1.807) is 0 Å². The molecule has 0 spiro atoms. The summed E-state index contributed by atoms with van der Waals surface area (Å²) in [5, 5.41) is 6.76. The van der Waals surface area contributed by atoms with Crippen molar-refractivity contribution in [2.75, 3.05) is 17.6 Å². The lowest BCUT2D eigenvalue weighted by Crippen LogP contribution is -2.42. The predicted molar refractivity (Wildman–Crippen MR) is 47.9 cm³/mol. The van der Waals surface area contributed by atoms with Crippen molar-refractivity contribution in [3.8, 4) is 0 Å². The molecular formula is C6H13IN2. The number of alkyl halides is 1. The van der Waals surface area contributed by atoms with Crippen LogP contribution in [0.5, 0.6) is 0 Å². The van der Waals surface area contributed by atoms with Gasteiger partial charge in [-0.05, 0) is 19.4 Å². The molecule has 1 fully saturated rings. The van der Waals surface area contributed by atoms with Crippen LogP contribution in [0.25, 0.3) is 0 Å². The van der Waals surface area contributed by atoms with Gasteiger partial charge in [0.15, 0.2) is 0 Å². The summed E-state index contributed by atoms with van der Waals surface area (Å²) in [5.74, 6) is 0. The molecule has 2 N–H and O–H groups in total. The van der Waals surface area contributed by atoms with Gasteiger partial charge in [0, 0.05) is 17.1 Å². The highest BCUT2D eigenvalue weighted by molar-refractivity contribution is 14.1. The molecule has 0 bridgehead atoms. The maximum absolute atomic E-state index is 3.41. The van der Waals surface area contributed by atoms with Crippen LogP contribution in [-0.2, 0) is 0 Å². The standard InChI is InChI=1S/C6H13IN2/c7-5-9-6-2-1-3-8-4-6/h6,8-9H,1-5H2. The van der Waals surface area contributed by atoms with E-state index in [4.69, 9.17) is 0 Å². The van der Waals surface area contributed by atoms with Gasteiger partial charge in [-0.3, -0.25) is 0 Å². The second-order valence-electron chi connectivity index (χ2n) is 2.38. The van der Waals surface area contributed by atoms with Gasteiger partial charge < -0.3 is 10.6 Å². The summed E-state index contributed by atoms with van der Waals surface area (Å²) in [5.41, 5.74) is 0. The molecule has 1 rings (SSSR count). The zero-order chi connectivity index (χ0) is 6.53. The summed E-state index contributed by atoms with van der Waals surface area (Å²) >= 11 is 2.35. The molecule has 54 valence electrons. The molecule has 1 heterocycles. The van der Waals surface area contributed by atoms with E-state index in [1.165, 1.54) is 19.4 Å². The molecule has 0 aliphatic carbocycles. The first-order chi connectivity index (χ1) is 4.43. The Labute approximate surface area is 69.9 Å². The SMILES string of the molecule is ICNC1CCCNC1. The molecule has 1 aliphatic rings. The Morgan fingerprint density at radius 2 is 2.56 bits per heavy atom. The van der Waals surface area contributed by atoms with Crippen LogP contribution >= 0.6 is 22.6 Å². The molecule has 0 aromatic rings. The summed E-state index contributed by atoms with van der Waals surface area (Å²) in [6.45, 7) is 2.36. The molecule has 1 saturated heterocycles. The normalized spacial score (nSPS) is 28.3. The van der Waals surface area contributed by atoms with Crippen LogP contribution in [-0.4, -0.2) is 23.7 Å². The van der Waals surface area contributed by atoms with Crippen LogP contribution in [0, 0.1) is 0 Å². The van der Waals surface area contributed by atoms with Gasteiger partial charge in [0.1, 0.15) is 0 Å². The Kier molecular flexibility index (Phi) is 3.85. The van der Waals surface area contributed by atoms with E-state index in [1.807, 2.05) is 0 Å². The van der Waals surface area contributed by atoms with Crippen molar-refractivity contribution in [1.82, 2.24) is 10.6 Å². The number of nitrogens with one attached hydrogen (secondary N) is 2. The lowest BCUT2D eigenvalue weighted by atomic mass is 10.1. The molecule has 0 aromatic carbocycles. The van der Waals surface area contributed by atoms with E-state index in [0.29, 0.717) is 0 Å². The molecule has 0 saturated carbocycles. The van der Waals surface area contributed by atoms with Crippen molar-refractivity contribution in [3.05, 3.63) is 0 Å². The number of hydrogen-bond acceptors (Lipinski definition) is 2. The minimum absolute atomic E-state index is 0.732.